The number of anilines is 1. The Morgan fingerprint density at radius 3 is 2.34 bits per heavy atom. The van der Waals surface area contributed by atoms with Crippen LogP contribution in [0, 0.1) is 0 Å². The van der Waals surface area contributed by atoms with Crippen molar-refractivity contribution in [2.24, 2.45) is 0 Å². The van der Waals surface area contributed by atoms with Gasteiger partial charge in [0, 0.05) is 22.2 Å². The molecule has 1 aromatic heterocycles. The largest absolute Gasteiger partial charge is 0.459 e. The SMILES string of the molecule is CC(C)(C)OC(=O)C(C)(C)NCc1cccc(-c2cnc(N)c(CCc3c(Cl)cccc3Cl)n2)c1. The van der Waals surface area contributed by atoms with Crippen molar-refractivity contribution in [2.45, 2.75) is 65.1 Å². The highest BCUT2D eigenvalue weighted by atomic mass is 35.5. The standard InChI is InChI=1S/C27H32Cl2N4O2/c1-26(2,3)35-25(34)27(4,5)32-15-17-8-6-9-18(14-17)23-16-31-24(30)22(33-23)13-12-19-20(28)10-7-11-21(19)29/h6-11,14,16,32H,12-13,15H2,1-5H3,(H2,30,31). The number of nitrogens with two attached hydrogens (primary N) is 1. The van der Waals surface area contributed by atoms with Crippen LogP contribution in [0.3, 0.4) is 0 Å². The van der Waals surface area contributed by atoms with Gasteiger partial charge in [-0.05, 0) is 76.8 Å². The summed E-state index contributed by atoms with van der Waals surface area (Å²) in [7, 11) is 0. The summed E-state index contributed by atoms with van der Waals surface area (Å²) in [4.78, 5) is 21.7. The summed E-state index contributed by atoms with van der Waals surface area (Å²) in [6.45, 7) is 9.68. The van der Waals surface area contributed by atoms with Crippen molar-refractivity contribution in [1.82, 2.24) is 15.3 Å². The number of halogens is 2. The highest BCUT2D eigenvalue weighted by Gasteiger charge is 2.32. The maximum atomic E-state index is 12.5. The fraction of sp³-hybridized carbons (Fsp3) is 0.370. The van der Waals surface area contributed by atoms with Crippen LogP contribution in [-0.2, 0) is 28.9 Å². The van der Waals surface area contributed by atoms with Gasteiger partial charge < -0.3 is 10.5 Å². The van der Waals surface area contributed by atoms with E-state index in [4.69, 9.17) is 38.7 Å². The summed E-state index contributed by atoms with van der Waals surface area (Å²) in [6.07, 6.45) is 2.82. The molecule has 2 aromatic carbocycles. The zero-order chi connectivity index (χ0) is 25.8. The lowest BCUT2D eigenvalue weighted by Crippen LogP contribution is -2.49. The zero-order valence-electron chi connectivity index (χ0n) is 20.8. The Bertz CT molecular complexity index is 1190. The fourth-order valence-electron chi connectivity index (χ4n) is 3.42. The number of nitrogens with one attached hydrogen (secondary N) is 1. The molecule has 0 radical (unpaired) electrons. The third-order valence-electron chi connectivity index (χ3n) is 5.42. The Labute approximate surface area is 217 Å². The van der Waals surface area contributed by atoms with Gasteiger partial charge in [0.25, 0.3) is 0 Å². The molecule has 0 aliphatic heterocycles. The van der Waals surface area contributed by atoms with Gasteiger partial charge in [0.15, 0.2) is 0 Å². The molecule has 1 heterocycles. The van der Waals surface area contributed by atoms with Crippen LogP contribution in [0.15, 0.2) is 48.7 Å². The Balaban J connectivity index is 1.74. The predicted molar refractivity (Wildman–Crippen MR) is 143 cm³/mol. The van der Waals surface area contributed by atoms with Crippen LogP contribution in [0.1, 0.15) is 51.4 Å². The van der Waals surface area contributed by atoms with Gasteiger partial charge in [0.1, 0.15) is 17.0 Å². The number of aryl methyl sites for hydroxylation is 1. The summed E-state index contributed by atoms with van der Waals surface area (Å²) in [5.41, 5.74) is 8.91. The van der Waals surface area contributed by atoms with E-state index >= 15 is 0 Å². The van der Waals surface area contributed by atoms with Gasteiger partial charge in [-0.1, -0.05) is 47.5 Å². The number of ether oxygens (including phenoxy) is 1. The maximum Gasteiger partial charge on any atom is 0.326 e. The molecule has 0 aliphatic rings. The van der Waals surface area contributed by atoms with E-state index in [9.17, 15) is 4.79 Å². The zero-order valence-corrected chi connectivity index (χ0v) is 22.3. The molecule has 3 N–H and O–H groups in total. The van der Waals surface area contributed by atoms with Crippen LogP contribution in [-0.4, -0.2) is 27.1 Å². The van der Waals surface area contributed by atoms with E-state index in [0.717, 1.165) is 16.7 Å². The van der Waals surface area contributed by atoms with Crippen LogP contribution < -0.4 is 11.1 Å². The molecule has 0 saturated heterocycles. The minimum absolute atomic E-state index is 0.297. The summed E-state index contributed by atoms with van der Waals surface area (Å²) < 4.78 is 5.53. The number of benzene rings is 2. The van der Waals surface area contributed by atoms with Gasteiger partial charge in [-0.3, -0.25) is 10.1 Å². The average molecular weight is 515 g/mol. The summed E-state index contributed by atoms with van der Waals surface area (Å²) in [5.74, 6) is 0.0858. The molecule has 6 nitrogen and oxygen atoms in total. The number of hydrogen-bond donors (Lipinski definition) is 2. The number of carbonyl (C=O) groups is 1. The first-order valence-electron chi connectivity index (χ1n) is 11.5. The highest BCUT2D eigenvalue weighted by molar-refractivity contribution is 6.36. The summed E-state index contributed by atoms with van der Waals surface area (Å²) in [5, 5.41) is 4.53. The van der Waals surface area contributed by atoms with Gasteiger partial charge in [0.2, 0.25) is 0 Å². The molecule has 3 aromatic rings. The monoisotopic (exact) mass is 514 g/mol. The van der Waals surface area contributed by atoms with E-state index in [2.05, 4.69) is 10.3 Å². The lowest BCUT2D eigenvalue weighted by Gasteiger charge is -2.29. The van der Waals surface area contributed by atoms with Crippen molar-refractivity contribution in [1.29, 1.82) is 0 Å². The van der Waals surface area contributed by atoms with E-state index in [1.165, 1.54) is 0 Å². The van der Waals surface area contributed by atoms with Gasteiger partial charge in [-0.2, -0.15) is 0 Å². The summed E-state index contributed by atoms with van der Waals surface area (Å²) in [6, 6.07) is 13.4. The summed E-state index contributed by atoms with van der Waals surface area (Å²) >= 11 is 12.6. The minimum Gasteiger partial charge on any atom is -0.459 e. The maximum absolute atomic E-state index is 12.5. The highest BCUT2D eigenvalue weighted by Crippen LogP contribution is 2.27. The van der Waals surface area contributed by atoms with Crippen LogP contribution in [0.25, 0.3) is 11.3 Å². The lowest BCUT2D eigenvalue weighted by atomic mass is 10.0. The molecule has 3 rings (SSSR count). The van der Waals surface area contributed by atoms with E-state index in [-0.39, 0.29) is 5.97 Å². The quantitative estimate of drug-likeness (QED) is 0.356. The normalized spacial score (nSPS) is 12.0. The molecule has 0 aliphatic carbocycles. The van der Waals surface area contributed by atoms with E-state index in [1.807, 2.05) is 77.1 Å². The smallest absolute Gasteiger partial charge is 0.326 e. The number of nitrogens with zero attached hydrogens (tertiary/aromatic N) is 2. The Morgan fingerprint density at radius 2 is 1.69 bits per heavy atom. The van der Waals surface area contributed by atoms with Crippen LogP contribution in [0.5, 0.6) is 0 Å². The van der Waals surface area contributed by atoms with E-state index < -0.39 is 11.1 Å². The molecule has 0 atom stereocenters. The molecular weight excluding hydrogens is 483 g/mol. The van der Waals surface area contributed by atoms with Crippen LogP contribution >= 0.6 is 23.2 Å². The van der Waals surface area contributed by atoms with Crippen LogP contribution in [0.4, 0.5) is 5.82 Å². The topological polar surface area (TPSA) is 90.1 Å². The van der Waals surface area contributed by atoms with Crippen molar-refractivity contribution in [3.63, 3.8) is 0 Å². The number of hydrogen-bond acceptors (Lipinski definition) is 6. The predicted octanol–water partition coefficient (Wildman–Crippen LogP) is 6.03. The Morgan fingerprint density at radius 1 is 1.03 bits per heavy atom. The van der Waals surface area contributed by atoms with Crippen LogP contribution in [0.2, 0.25) is 10.0 Å². The third kappa shape index (κ3) is 7.40. The van der Waals surface area contributed by atoms with Crippen molar-refractivity contribution < 1.29 is 9.53 Å². The second-order valence-corrected chi connectivity index (χ2v) is 10.8. The molecule has 0 unspecified atom stereocenters. The first-order chi connectivity index (χ1) is 16.4. The molecule has 8 heteroatoms. The van der Waals surface area contributed by atoms with Crippen molar-refractivity contribution in [3.05, 3.63) is 75.5 Å². The molecule has 0 bridgehead atoms. The molecule has 0 saturated carbocycles. The number of rotatable bonds is 8. The van der Waals surface area contributed by atoms with Crippen molar-refractivity contribution in [2.75, 3.05) is 5.73 Å². The lowest BCUT2D eigenvalue weighted by molar-refractivity contribution is -0.161. The first kappa shape index (κ1) is 26.9. The minimum atomic E-state index is -0.836. The Hall–Kier alpha value is -2.67. The third-order valence-corrected chi connectivity index (χ3v) is 6.13. The van der Waals surface area contributed by atoms with Gasteiger partial charge in [-0.15, -0.1) is 0 Å². The van der Waals surface area contributed by atoms with Crippen molar-refractivity contribution >= 4 is 35.0 Å². The molecular formula is C27H32Cl2N4O2. The van der Waals surface area contributed by atoms with Gasteiger partial charge in [-0.25, -0.2) is 9.97 Å². The van der Waals surface area contributed by atoms with Gasteiger partial charge >= 0.3 is 5.97 Å². The number of nitrogen functional groups attached to an aromatic ring is 1. The fourth-order valence-corrected chi connectivity index (χ4v) is 4.00. The molecule has 0 fully saturated rings. The molecule has 186 valence electrons. The number of esters is 1. The molecule has 35 heavy (non-hydrogen) atoms. The van der Waals surface area contributed by atoms with Gasteiger partial charge in [0.05, 0.1) is 17.6 Å². The second-order valence-electron chi connectivity index (χ2n) is 9.97. The van der Waals surface area contributed by atoms with Crippen molar-refractivity contribution in [3.8, 4) is 11.3 Å². The van der Waals surface area contributed by atoms with E-state index in [1.54, 1.807) is 6.20 Å². The average Bonchev–Trinajstić information content (AvgIpc) is 2.77. The number of carbonyl (C=O) groups excluding carboxylic acids is 1. The molecule has 0 amide bonds. The molecule has 0 spiro atoms. The number of aromatic nitrogens is 2. The Kier molecular flexibility index (Phi) is 8.42. The first-order valence-corrected chi connectivity index (χ1v) is 12.2. The second kappa shape index (κ2) is 10.9. The van der Waals surface area contributed by atoms with E-state index in [0.29, 0.717) is 46.6 Å².